The van der Waals surface area contributed by atoms with Crippen molar-refractivity contribution in [1.29, 1.82) is 5.26 Å². The number of carbonyl (C=O) groups excluding carboxylic acids is 1. The molecule has 3 saturated carbocycles. The number of hydrogen-bond donors (Lipinski definition) is 0. The molecule has 1 aromatic heterocycles. The maximum Gasteiger partial charge on any atom is 0.246 e. The van der Waals surface area contributed by atoms with Crippen molar-refractivity contribution in [3.05, 3.63) is 65.4 Å². The molecule has 1 aliphatic heterocycles. The van der Waals surface area contributed by atoms with Gasteiger partial charge in [-0.25, -0.2) is 13.8 Å². The van der Waals surface area contributed by atoms with E-state index in [2.05, 4.69) is 16.3 Å². The predicted octanol–water partition coefficient (Wildman–Crippen LogP) is 4.56. The Balaban J connectivity index is 1.20. The second kappa shape index (κ2) is 7.20. The van der Waals surface area contributed by atoms with Crippen LogP contribution in [-0.4, -0.2) is 26.9 Å². The van der Waals surface area contributed by atoms with Crippen LogP contribution in [0.5, 0.6) is 0 Å². The molecule has 1 unspecified atom stereocenters. The van der Waals surface area contributed by atoms with Gasteiger partial charge in [-0.3, -0.25) is 9.48 Å². The Hall–Kier alpha value is -3.60. The van der Waals surface area contributed by atoms with E-state index in [1.54, 1.807) is 12.3 Å². The molecule has 1 amide bonds. The maximum absolute atomic E-state index is 13.8. The van der Waals surface area contributed by atoms with Crippen molar-refractivity contribution in [1.82, 2.24) is 14.8 Å². The van der Waals surface area contributed by atoms with Crippen molar-refractivity contribution < 1.29 is 13.6 Å². The Kier molecular flexibility index (Phi) is 4.37. The highest BCUT2D eigenvalue weighted by Gasteiger charge is 2.59. The summed E-state index contributed by atoms with van der Waals surface area (Å²) in [5.74, 6) is -1.24. The van der Waals surface area contributed by atoms with E-state index in [0.717, 1.165) is 30.7 Å². The van der Waals surface area contributed by atoms with Gasteiger partial charge in [0.2, 0.25) is 5.91 Å². The number of nitriles is 1. The SMILES string of the molecule is N#Cc1cccc2cn(CC34CC(C3)[C@@H](C(=O)N3N=CCC3c3cc(F)cc(F)c3)C4)nc12. The second-order valence-electron chi connectivity index (χ2n) is 9.60. The molecule has 0 saturated heterocycles. The Labute approximate surface area is 189 Å². The van der Waals surface area contributed by atoms with Gasteiger partial charge in [0.25, 0.3) is 0 Å². The summed E-state index contributed by atoms with van der Waals surface area (Å²) in [6.45, 7) is 0.703. The van der Waals surface area contributed by atoms with Crippen LogP contribution in [0.1, 0.15) is 42.9 Å². The summed E-state index contributed by atoms with van der Waals surface area (Å²) in [7, 11) is 0. The first kappa shape index (κ1) is 20.0. The van der Waals surface area contributed by atoms with Crippen LogP contribution in [0.4, 0.5) is 8.78 Å². The van der Waals surface area contributed by atoms with Crippen LogP contribution in [0.15, 0.2) is 47.7 Å². The molecule has 6 nitrogen and oxygen atoms in total. The number of amides is 1. The molecule has 7 rings (SSSR count). The topological polar surface area (TPSA) is 74.3 Å². The minimum atomic E-state index is -0.655. The lowest BCUT2D eigenvalue weighted by Crippen LogP contribution is -2.35. The molecule has 3 fully saturated rings. The molecule has 2 bridgehead atoms. The van der Waals surface area contributed by atoms with E-state index >= 15 is 0 Å². The predicted molar refractivity (Wildman–Crippen MR) is 117 cm³/mol. The largest absolute Gasteiger partial charge is 0.273 e. The first-order valence-electron chi connectivity index (χ1n) is 11.1. The summed E-state index contributed by atoms with van der Waals surface area (Å²) in [6, 6.07) is 10.7. The second-order valence-corrected chi connectivity index (χ2v) is 9.60. The van der Waals surface area contributed by atoms with Gasteiger partial charge in [-0.05, 0) is 54.4 Å². The van der Waals surface area contributed by atoms with Crippen LogP contribution in [0.3, 0.4) is 0 Å². The molecule has 0 N–H and O–H groups in total. The van der Waals surface area contributed by atoms with Crippen LogP contribution >= 0.6 is 0 Å². The fourth-order valence-electron chi connectivity index (χ4n) is 6.07. The molecule has 166 valence electrons. The van der Waals surface area contributed by atoms with Gasteiger partial charge in [-0.2, -0.15) is 15.5 Å². The zero-order valence-electron chi connectivity index (χ0n) is 17.8. The highest BCUT2D eigenvalue weighted by molar-refractivity contribution is 5.84. The Morgan fingerprint density at radius 3 is 2.73 bits per heavy atom. The fourth-order valence-corrected chi connectivity index (χ4v) is 6.07. The Bertz CT molecular complexity index is 1330. The normalized spacial score (nSPS) is 27.7. The lowest BCUT2D eigenvalue weighted by Gasteiger charge is -2.38. The first-order chi connectivity index (χ1) is 15.9. The number of hydrogen-bond acceptors (Lipinski definition) is 4. The highest BCUT2D eigenvalue weighted by Crippen LogP contribution is 2.63. The van der Waals surface area contributed by atoms with E-state index in [1.807, 2.05) is 23.0 Å². The van der Waals surface area contributed by atoms with E-state index in [9.17, 15) is 18.8 Å². The maximum atomic E-state index is 13.8. The van der Waals surface area contributed by atoms with Gasteiger partial charge in [-0.1, -0.05) is 12.1 Å². The van der Waals surface area contributed by atoms with E-state index in [4.69, 9.17) is 0 Å². The van der Waals surface area contributed by atoms with Crippen LogP contribution < -0.4 is 0 Å². The van der Waals surface area contributed by atoms with Gasteiger partial charge in [-0.15, -0.1) is 0 Å². The standard InChI is InChI=1S/C25H21F2N5O/c26-19-6-17(7-20(27)8-19)22-4-5-29-32(22)24(33)21-11-25(9-18(21)10-25)14-31-13-16-3-1-2-15(12-28)23(16)30-31/h1-3,5-8,13,18,21-22H,4,9-11,14H2/t18?,21-,22?,25?/m0/s1. The third kappa shape index (κ3) is 3.22. The van der Waals surface area contributed by atoms with Crippen molar-refractivity contribution in [3.63, 3.8) is 0 Å². The van der Waals surface area contributed by atoms with E-state index in [0.29, 0.717) is 29.6 Å². The lowest BCUT2D eigenvalue weighted by atomic mass is 9.69. The number of fused-ring (bicyclic) bond motifs is 2. The summed E-state index contributed by atoms with van der Waals surface area (Å²) in [5, 5.41) is 20.6. The zero-order chi connectivity index (χ0) is 22.7. The smallest absolute Gasteiger partial charge is 0.246 e. The van der Waals surface area contributed by atoms with Gasteiger partial charge in [0, 0.05) is 42.7 Å². The summed E-state index contributed by atoms with van der Waals surface area (Å²) < 4.78 is 29.4. The van der Waals surface area contributed by atoms with Crippen molar-refractivity contribution in [3.8, 4) is 6.07 Å². The van der Waals surface area contributed by atoms with Crippen LogP contribution in [0, 0.1) is 40.2 Å². The van der Waals surface area contributed by atoms with Crippen LogP contribution in [0.2, 0.25) is 0 Å². The van der Waals surface area contributed by atoms with Gasteiger partial charge in [0.1, 0.15) is 23.2 Å². The number of carbonyl (C=O) groups is 1. The van der Waals surface area contributed by atoms with Gasteiger partial charge in [0.15, 0.2) is 0 Å². The van der Waals surface area contributed by atoms with Crippen molar-refractivity contribution >= 4 is 23.0 Å². The summed E-state index contributed by atoms with van der Waals surface area (Å²) in [4.78, 5) is 13.4. The number of rotatable bonds is 4. The highest BCUT2D eigenvalue weighted by atomic mass is 19.1. The molecule has 33 heavy (non-hydrogen) atoms. The molecule has 0 radical (unpaired) electrons. The molecule has 8 heteroatoms. The number of benzene rings is 2. The van der Waals surface area contributed by atoms with Crippen LogP contribution in [0.25, 0.3) is 10.9 Å². The number of hydrazone groups is 1. The Morgan fingerprint density at radius 1 is 1.18 bits per heavy atom. The first-order valence-corrected chi connectivity index (χ1v) is 11.1. The van der Waals surface area contributed by atoms with Crippen molar-refractivity contribution in [2.75, 3.05) is 0 Å². The van der Waals surface area contributed by atoms with E-state index in [1.165, 1.54) is 17.1 Å². The summed E-state index contributed by atoms with van der Waals surface area (Å²) in [5.41, 5.74) is 1.69. The summed E-state index contributed by atoms with van der Waals surface area (Å²) >= 11 is 0. The van der Waals surface area contributed by atoms with Crippen molar-refractivity contribution in [2.45, 2.75) is 38.3 Å². The molecule has 2 atom stereocenters. The monoisotopic (exact) mass is 445 g/mol. The van der Waals surface area contributed by atoms with Crippen molar-refractivity contribution in [2.24, 2.45) is 22.4 Å². The fraction of sp³-hybridized carbons (Fsp3) is 0.360. The quantitative estimate of drug-likeness (QED) is 0.591. The molecule has 2 aromatic carbocycles. The van der Waals surface area contributed by atoms with E-state index in [-0.39, 0.29) is 23.2 Å². The van der Waals surface area contributed by atoms with Gasteiger partial charge < -0.3 is 0 Å². The van der Waals surface area contributed by atoms with Gasteiger partial charge >= 0.3 is 0 Å². The number of nitrogens with zero attached hydrogens (tertiary/aromatic N) is 5. The lowest BCUT2D eigenvalue weighted by molar-refractivity contribution is -0.138. The molecule has 3 aromatic rings. The third-order valence-electron chi connectivity index (χ3n) is 7.46. The summed E-state index contributed by atoms with van der Waals surface area (Å²) in [6.07, 6.45) is 6.69. The zero-order valence-corrected chi connectivity index (χ0v) is 17.8. The molecule has 0 spiro atoms. The minimum absolute atomic E-state index is 0.00371. The molecule has 2 heterocycles. The minimum Gasteiger partial charge on any atom is -0.273 e. The average Bonchev–Trinajstić information content (AvgIpc) is 3.53. The average molecular weight is 445 g/mol. The third-order valence-corrected chi connectivity index (χ3v) is 7.46. The van der Waals surface area contributed by atoms with E-state index < -0.39 is 17.7 Å². The van der Waals surface area contributed by atoms with Crippen LogP contribution in [-0.2, 0) is 11.3 Å². The molecular formula is C25H21F2N5O. The molecule has 4 aliphatic rings. The molecular weight excluding hydrogens is 424 g/mol. The number of aromatic nitrogens is 2. The Morgan fingerprint density at radius 2 is 1.97 bits per heavy atom. The molecule has 3 aliphatic carbocycles. The number of halogens is 2. The van der Waals surface area contributed by atoms with Gasteiger partial charge in [0.05, 0.1) is 11.6 Å².